The van der Waals surface area contributed by atoms with Crippen molar-refractivity contribution in [1.82, 2.24) is 4.57 Å². The Hall–Kier alpha value is -2.92. The van der Waals surface area contributed by atoms with E-state index in [0.717, 1.165) is 46.5 Å². The third-order valence-corrected chi connectivity index (χ3v) is 6.56. The minimum Gasteiger partial charge on any atom is -0.493 e. The molecular weight excluding hydrogens is 426 g/mol. The molecule has 2 heterocycles. The summed E-state index contributed by atoms with van der Waals surface area (Å²) in [6, 6.07) is 11.8. The van der Waals surface area contributed by atoms with Crippen LogP contribution in [-0.4, -0.2) is 31.4 Å². The Bertz CT molecular complexity index is 1180. The van der Waals surface area contributed by atoms with Gasteiger partial charge < -0.3 is 18.8 Å². The van der Waals surface area contributed by atoms with Crippen LogP contribution in [0.15, 0.2) is 36.4 Å². The number of fused-ring (bicyclic) bond motifs is 3. The quantitative estimate of drug-likeness (QED) is 0.400. The molecule has 0 amide bonds. The number of esters is 1. The van der Waals surface area contributed by atoms with Gasteiger partial charge in [-0.25, -0.2) is 4.79 Å². The van der Waals surface area contributed by atoms with Crippen molar-refractivity contribution in [3.8, 4) is 33.9 Å². The van der Waals surface area contributed by atoms with E-state index in [1.165, 1.54) is 0 Å². The van der Waals surface area contributed by atoms with E-state index in [-0.39, 0.29) is 12.0 Å². The van der Waals surface area contributed by atoms with Crippen LogP contribution in [0.4, 0.5) is 0 Å². The topological polar surface area (TPSA) is 49.7 Å². The van der Waals surface area contributed by atoms with E-state index in [9.17, 15) is 4.79 Å². The first-order chi connectivity index (χ1) is 15.5. The predicted octanol–water partition coefficient (Wildman–Crippen LogP) is 6.49. The van der Waals surface area contributed by atoms with Gasteiger partial charge in [0.25, 0.3) is 0 Å². The number of hydrogen-bond donors (Lipinski definition) is 0. The third kappa shape index (κ3) is 3.45. The largest absolute Gasteiger partial charge is 0.493 e. The average molecular weight is 454 g/mol. The molecule has 0 spiro atoms. The van der Waals surface area contributed by atoms with Gasteiger partial charge in [-0.2, -0.15) is 0 Å². The van der Waals surface area contributed by atoms with Gasteiger partial charge >= 0.3 is 5.97 Å². The number of benzene rings is 2. The fourth-order valence-corrected chi connectivity index (χ4v) is 5.04. The van der Waals surface area contributed by atoms with E-state index in [2.05, 4.69) is 18.4 Å². The van der Waals surface area contributed by atoms with Crippen LogP contribution < -0.4 is 9.47 Å². The van der Waals surface area contributed by atoms with E-state index >= 15 is 0 Å². The Morgan fingerprint density at radius 1 is 1.09 bits per heavy atom. The van der Waals surface area contributed by atoms with Crippen LogP contribution in [0.3, 0.4) is 0 Å². The maximum Gasteiger partial charge on any atom is 0.340 e. The fraction of sp³-hybridized carbons (Fsp3) is 0.346. The lowest BCUT2D eigenvalue weighted by Gasteiger charge is -2.30. The lowest BCUT2D eigenvalue weighted by Crippen LogP contribution is -2.20. The summed E-state index contributed by atoms with van der Waals surface area (Å²) in [5.74, 6) is 0.958. The molecule has 1 aliphatic heterocycles. The molecule has 1 aromatic heterocycles. The minimum absolute atomic E-state index is 0.194. The van der Waals surface area contributed by atoms with Gasteiger partial charge in [-0.3, -0.25) is 0 Å². The number of carbonyl (C=O) groups excluding carboxylic acids is 1. The van der Waals surface area contributed by atoms with Gasteiger partial charge in [0.15, 0.2) is 11.5 Å². The maximum absolute atomic E-state index is 13.4. The van der Waals surface area contributed by atoms with Gasteiger partial charge in [-0.1, -0.05) is 36.7 Å². The Morgan fingerprint density at radius 3 is 2.41 bits per heavy atom. The zero-order chi connectivity index (χ0) is 23.0. The van der Waals surface area contributed by atoms with Crippen LogP contribution in [0.5, 0.6) is 11.5 Å². The summed E-state index contributed by atoms with van der Waals surface area (Å²) >= 11 is 6.61. The number of aromatic nitrogens is 1. The summed E-state index contributed by atoms with van der Waals surface area (Å²) < 4.78 is 19.0. The molecular formula is C26H28ClNO4. The van der Waals surface area contributed by atoms with Crippen molar-refractivity contribution in [3.05, 3.63) is 58.2 Å². The van der Waals surface area contributed by atoms with Crippen LogP contribution in [-0.2, 0) is 11.2 Å². The highest BCUT2D eigenvalue weighted by Gasteiger charge is 2.35. The Kier molecular flexibility index (Phi) is 6.20. The van der Waals surface area contributed by atoms with E-state index in [1.807, 2.05) is 43.3 Å². The smallest absolute Gasteiger partial charge is 0.340 e. The van der Waals surface area contributed by atoms with Crippen molar-refractivity contribution in [1.29, 1.82) is 0 Å². The number of nitrogens with zero attached hydrogens (tertiary/aromatic N) is 1. The third-order valence-electron chi connectivity index (χ3n) is 6.23. The van der Waals surface area contributed by atoms with E-state index < -0.39 is 0 Å². The van der Waals surface area contributed by atoms with Crippen LogP contribution in [0.1, 0.15) is 47.9 Å². The van der Waals surface area contributed by atoms with Crippen LogP contribution >= 0.6 is 11.6 Å². The molecule has 0 saturated heterocycles. The monoisotopic (exact) mass is 453 g/mol. The summed E-state index contributed by atoms with van der Waals surface area (Å²) in [4.78, 5) is 13.4. The minimum atomic E-state index is -0.350. The van der Waals surface area contributed by atoms with E-state index in [0.29, 0.717) is 28.7 Å². The number of halogens is 1. The van der Waals surface area contributed by atoms with Gasteiger partial charge in [-0.05, 0) is 50.5 Å². The summed E-state index contributed by atoms with van der Waals surface area (Å²) in [5.41, 5.74) is 6.13. The Morgan fingerprint density at radius 2 is 1.78 bits per heavy atom. The highest BCUT2D eigenvalue weighted by molar-refractivity contribution is 6.33. The molecule has 6 heteroatoms. The molecule has 0 aliphatic carbocycles. The van der Waals surface area contributed by atoms with Gasteiger partial charge in [0.2, 0.25) is 0 Å². The molecule has 0 fully saturated rings. The van der Waals surface area contributed by atoms with Gasteiger partial charge in [-0.15, -0.1) is 0 Å². The van der Waals surface area contributed by atoms with E-state index in [1.54, 1.807) is 14.2 Å². The molecule has 1 aliphatic rings. The van der Waals surface area contributed by atoms with Crippen molar-refractivity contribution in [2.45, 2.75) is 39.7 Å². The second-order valence-corrected chi connectivity index (χ2v) is 8.29. The average Bonchev–Trinajstić information content (AvgIpc) is 3.11. The highest BCUT2D eigenvalue weighted by atomic mass is 35.5. The normalized spacial score (nSPS) is 14.5. The Balaban J connectivity index is 2.12. The van der Waals surface area contributed by atoms with Gasteiger partial charge in [0.05, 0.1) is 32.1 Å². The molecule has 0 saturated carbocycles. The molecule has 5 nitrogen and oxygen atoms in total. The number of methoxy groups -OCH3 is 2. The van der Waals surface area contributed by atoms with Crippen molar-refractivity contribution in [2.24, 2.45) is 0 Å². The van der Waals surface area contributed by atoms with Crippen LogP contribution in [0.25, 0.3) is 22.4 Å². The molecule has 1 atom stereocenters. The molecule has 3 aromatic rings. The first kappa shape index (κ1) is 22.3. The van der Waals surface area contributed by atoms with E-state index in [4.69, 9.17) is 25.8 Å². The highest BCUT2D eigenvalue weighted by Crippen LogP contribution is 2.49. The summed E-state index contributed by atoms with van der Waals surface area (Å²) in [6.07, 6.45) is 1.75. The molecule has 0 radical (unpaired) electrons. The molecule has 1 unspecified atom stereocenters. The summed E-state index contributed by atoms with van der Waals surface area (Å²) in [6.45, 7) is 6.33. The number of rotatable bonds is 6. The van der Waals surface area contributed by atoms with Gasteiger partial charge in [0, 0.05) is 33.4 Å². The first-order valence-corrected chi connectivity index (χ1v) is 11.3. The van der Waals surface area contributed by atoms with Crippen LogP contribution in [0.2, 0.25) is 5.02 Å². The lowest BCUT2D eigenvalue weighted by atomic mass is 9.90. The lowest BCUT2D eigenvalue weighted by molar-refractivity contribution is 0.0528. The van der Waals surface area contributed by atoms with Crippen molar-refractivity contribution in [2.75, 3.05) is 20.8 Å². The molecule has 32 heavy (non-hydrogen) atoms. The van der Waals surface area contributed by atoms with Crippen molar-refractivity contribution < 1.29 is 19.0 Å². The SMILES string of the molecule is CCOC(=O)c1c(-c2ccccc2Cl)c(C)n2c1-c1cc(OC)c(OC)cc1CC2CC. The zero-order valence-corrected chi connectivity index (χ0v) is 19.9. The summed E-state index contributed by atoms with van der Waals surface area (Å²) in [7, 11) is 3.25. The zero-order valence-electron chi connectivity index (χ0n) is 19.1. The van der Waals surface area contributed by atoms with Crippen molar-refractivity contribution in [3.63, 3.8) is 0 Å². The Labute approximate surface area is 193 Å². The first-order valence-electron chi connectivity index (χ1n) is 10.9. The molecule has 0 bridgehead atoms. The number of hydrogen-bond acceptors (Lipinski definition) is 4. The molecule has 2 aromatic carbocycles. The van der Waals surface area contributed by atoms with Gasteiger partial charge in [0.1, 0.15) is 0 Å². The second kappa shape index (κ2) is 8.91. The molecule has 4 rings (SSSR count). The fourth-order valence-electron chi connectivity index (χ4n) is 4.81. The van der Waals surface area contributed by atoms with Crippen molar-refractivity contribution >= 4 is 17.6 Å². The predicted molar refractivity (Wildman–Crippen MR) is 127 cm³/mol. The second-order valence-electron chi connectivity index (χ2n) is 7.88. The summed E-state index contributed by atoms with van der Waals surface area (Å²) in [5, 5.41) is 0.602. The number of carbonyl (C=O) groups is 1. The maximum atomic E-state index is 13.4. The molecule has 168 valence electrons. The molecule has 0 N–H and O–H groups in total. The standard InChI is InChI=1S/C26H28ClNO4/c1-6-17-12-16-13-21(30-4)22(31-5)14-19(16)25-24(26(29)32-7-2)23(15(3)28(17)25)18-10-8-9-11-20(18)27/h8-11,13-14,17H,6-7,12H2,1-5H3. The number of ether oxygens (including phenoxy) is 3. The van der Waals surface area contributed by atoms with Crippen LogP contribution in [0, 0.1) is 6.92 Å².